The number of aromatic amines is 1. The number of benzene rings is 2. The third-order valence-corrected chi connectivity index (χ3v) is 4.56. The Morgan fingerprint density at radius 1 is 1.10 bits per heavy atom. The number of hydrogen-bond acceptors (Lipinski definition) is 3. The zero-order valence-corrected chi connectivity index (χ0v) is 12.2. The van der Waals surface area contributed by atoms with Crippen LogP contribution in [-0.2, 0) is 0 Å². The zero-order chi connectivity index (χ0) is 14.4. The van der Waals surface area contributed by atoms with E-state index in [-0.39, 0.29) is 5.56 Å². The van der Waals surface area contributed by atoms with Gasteiger partial charge in [-0.25, -0.2) is 4.98 Å². The predicted molar refractivity (Wildman–Crippen MR) is 87.9 cm³/mol. The molecule has 0 bridgehead atoms. The van der Waals surface area contributed by atoms with Gasteiger partial charge in [-0.3, -0.25) is 4.79 Å². The fraction of sp³-hybridized carbons (Fsp3) is 0.0588. The van der Waals surface area contributed by atoms with E-state index in [0.717, 1.165) is 22.0 Å². The van der Waals surface area contributed by atoms with Gasteiger partial charge in [-0.05, 0) is 25.1 Å². The number of rotatable bonds is 1. The second-order valence-electron chi connectivity index (χ2n) is 5.08. The molecule has 0 atom stereocenters. The molecule has 2 heterocycles. The Bertz CT molecular complexity index is 1030. The highest BCUT2D eigenvalue weighted by atomic mass is 32.1. The Morgan fingerprint density at radius 3 is 2.86 bits per heavy atom. The molecule has 2 aromatic heterocycles. The Morgan fingerprint density at radius 2 is 1.95 bits per heavy atom. The van der Waals surface area contributed by atoms with Crippen LogP contribution in [0.25, 0.3) is 32.4 Å². The highest BCUT2D eigenvalue weighted by Gasteiger charge is 2.10. The van der Waals surface area contributed by atoms with Crippen LogP contribution in [0.2, 0.25) is 0 Å². The van der Waals surface area contributed by atoms with E-state index >= 15 is 0 Å². The number of nitrogens with zero attached hydrogens (tertiary/aromatic N) is 1. The average molecular weight is 292 g/mol. The monoisotopic (exact) mass is 292 g/mol. The molecule has 102 valence electrons. The molecule has 0 saturated carbocycles. The van der Waals surface area contributed by atoms with Gasteiger partial charge in [0.2, 0.25) is 0 Å². The van der Waals surface area contributed by atoms with Gasteiger partial charge in [0.15, 0.2) is 0 Å². The minimum absolute atomic E-state index is 0.0889. The van der Waals surface area contributed by atoms with Crippen molar-refractivity contribution in [2.45, 2.75) is 6.92 Å². The molecular weight excluding hydrogens is 280 g/mol. The van der Waals surface area contributed by atoms with E-state index < -0.39 is 0 Å². The van der Waals surface area contributed by atoms with E-state index in [1.165, 1.54) is 4.70 Å². The number of nitrogens with one attached hydrogen (secondary N) is 1. The van der Waals surface area contributed by atoms with Crippen molar-refractivity contribution in [3.63, 3.8) is 0 Å². The van der Waals surface area contributed by atoms with Crippen molar-refractivity contribution in [3.8, 4) is 11.4 Å². The van der Waals surface area contributed by atoms with Gasteiger partial charge < -0.3 is 4.98 Å². The third-order valence-electron chi connectivity index (χ3n) is 3.60. The van der Waals surface area contributed by atoms with Crippen molar-refractivity contribution < 1.29 is 0 Å². The summed E-state index contributed by atoms with van der Waals surface area (Å²) in [7, 11) is 0. The zero-order valence-electron chi connectivity index (χ0n) is 11.4. The number of aryl methyl sites for hydroxylation is 1. The van der Waals surface area contributed by atoms with Gasteiger partial charge in [0.25, 0.3) is 5.56 Å². The molecule has 0 unspecified atom stereocenters. The van der Waals surface area contributed by atoms with Crippen molar-refractivity contribution in [2.24, 2.45) is 0 Å². The summed E-state index contributed by atoms with van der Waals surface area (Å²) < 4.78 is 1.19. The second kappa shape index (κ2) is 4.53. The SMILES string of the molecule is Cc1ccc2nc(-c3csc4ccccc34)[nH]c(=O)c2c1. The molecule has 0 fully saturated rings. The second-order valence-corrected chi connectivity index (χ2v) is 5.99. The van der Waals surface area contributed by atoms with Crippen molar-refractivity contribution in [1.82, 2.24) is 9.97 Å². The van der Waals surface area contributed by atoms with Gasteiger partial charge in [-0.1, -0.05) is 29.8 Å². The number of aromatic nitrogens is 2. The summed E-state index contributed by atoms with van der Waals surface area (Å²) in [6, 6.07) is 13.9. The van der Waals surface area contributed by atoms with E-state index in [0.29, 0.717) is 11.2 Å². The first-order valence-electron chi connectivity index (χ1n) is 6.70. The molecule has 0 radical (unpaired) electrons. The minimum atomic E-state index is -0.0889. The fourth-order valence-electron chi connectivity index (χ4n) is 2.54. The molecule has 4 heteroatoms. The summed E-state index contributed by atoms with van der Waals surface area (Å²) in [6.45, 7) is 1.97. The van der Waals surface area contributed by atoms with Crippen molar-refractivity contribution >= 4 is 32.3 Å². The number of hydrogen-bond donors (Lipinski definition) is 1. The van der Waals surface area contributed by atoms with Gasteiger partial charge in [-0.2, -0.15) is 0 Å². The predicted octanol–water partition coefficient (Wildman–Crippen LogP) is 4.11. The van der Waals surface area contributed by atoms with Crippen molar-refractivity contribution in [3.05, 3.63) is 63.8 Å². The summed E-state index contributed by atoms with van der Waals surface area (Å²) in [5, 5.41) is 3.80. The highest BCUT2D eigenvalue weighted by Crippen LogP contribution is 2.31. The maximum Gasteiger partial charge on any atom is 0.259 e. The molecule has 0 amide bonds. The van der Waals surface area contributed by atoms with Crippen LogP contribution in [0.5, 0.6) is 0 Å². The number of thiophene rings is 1. The number of H-pyrrole nitrogens is 1. The van der Waals surface area contributed by atoms with Gasteiger partial charge in [0, 0.05) is 21.0 Å². The Kier molecular flexibility index (Phi) is 2.65. The maximum atomic E-state index is 12.3. The van der Waals surface area contributed by atoms with Gasteiger partial charge in [0.05, 0.1) is 10.9 Å². The van der Waals surface area contributed by atoms with Crippen molar-refractivity contribution in [2.75, 3.05) is 0 Å². The molecule has 0 aliphatic rings. The van der Waals surface area contributed by atoms with Crippen LogP contribution in [0, 0.1) is 6.92 Å². The molecule has 21 heavy (non-hydrogen) atoms. The average Bonchev–Trinajstić information content (AvgIpc) is 2.92. The molecule has 0 saturated heterocycles. The van der Waals surface area contributed by atoms with Gasteiger partial charge in [0.1, 0.15) is 5.82 Å². The molecule has 0 aliphatic carbocycles. The van der Waals surface area contributed by atoms with Gasteiger partial charge in [-0.15, -0.1) is 11.3 Å². The lowest BCUT2D eigenvalue weighted by atomic mass is 10.1. The van der Waals surface area contributed by atoms with Crippen LogP contribution in [0.4, 0.5) is 0 Å². The molecule has 2 aromatic carbocycles. The maximum absolute atomic E-state index is 12.3. The summed E-state index contributed by atoms with van der Waals surface area (Å²) in [4.78, 5) is 19.8. The Labute approximate surface area is 124 Å². The molecule has 0 aliphatic heterocycles. The van der Waals surface area contributed by atoms with E-state index in [1.54, 1.807) is 11.3 Å². The molecule has 3 nitrogen and oxygen atoms in total. The van der Waals surface area contributed by atoms with Crippen LogP contribution < -0.4 is 5.56 Å². The lowest BCUT2D eigenvalue weighted by molar-refractivity contribution is 1.18. The van der Waals surface area contributed by atoms with Crippen LogP contribution in [0.3, 0.4) is 0 Å². The summed E-state index contributed by atoms with van der Waals surface area (Å²) >= 11 is 1.66. The highest BCUT2D eigenvalue weighted by molar-refractivity contribution is 7.17. The first-order chi connectivity index (χ1) is 10.2. The Balaban J connectivity index is 2.03. The molecule has 1 N–H and O–H groups in total. The van der Waals surface area contributed by atoms with Crippen LogP contribution in [-0.4, -0.2) is 9.97 Å². The third kappa shape index (κ3) is 1.96. The summed E-state index contributed by atoms with van der Waals surface area (Å²) in [5.41, 5.74) is 2.68. The van der Waals surface area contributed by atoms with E-state index in [1.807, 2.05) is 42.6 Å². The lowest BCUT2D eigenvalue weighted by Gasteiger charge is -2.03. The van der Waals surface area contributed by atoms with Crippen LogP contribution in [0.15, 0.2) is 52.6 Å². The molecule has 4 rings (SSSR count). The molecular formula is C17H12N2OS. The first kappa shape index (κ1) is 12.3. The minimum Gasteiger partial charge on any atom is -0.306 e. The Hall–Kier alpha value is -2.46. The van der Waals surface area contributed by atoms with Crippen LogP contribution >= 0.6 is 11.3 Å². The van der Waals surface area contributed by atoms with E-state index in [9.17, 15) is 4.79 Å². The van der Waals surface area contributed by atoms with Crippen molar-refractivity contribution in [1.29, 1.82) is 0 Å². The first-order valence-corrected chi connectivity index (χ1v) is 7.57. The van der Waals surface area contributed by atoms with Crippen LogP contribution in [0.1, 0.15) is 5.56 Å². The van der Waals surface area contributed by atoms with E-state index in [2.05, 4.69) is 22.1 Å². The lowest BCUT2D eigenvalue weighted by Crippen LogP contribution is -2.09. The smallest absolute Gasteiger partial charge is 0.259 e. The molecule has 4 aromatic rings. The number of fused-ring (bicyclic) bond motifs is 2. The standard InChI is InChI=1S/C17H12N2OS/c1-10-6-7-14-12(8-10)17(20)19-16(18-14)13-9-21-15-5-3-2-4-11(13)15/h2-9H,1H3,(H,18,19,20). The quantitative estimate of drug-likeness (QED) is 0.574. The van der Waals surface area contributed by atoms with E-state index in [4.69, 9.17) is 0 Å². The normalized spacial score (nSPS) is 11.3. The van der Waals surface area contributed by atoms with Gasteiger partial charge >= 0.3 is 0 Å². The summed E-state index contributed by atoms with van der Waals surface area (Å²) in [6.07, 6.45) is 0. The summed E-state index contributed by atoms with van der Waals surface area (Å²) in [5.74, 6) is 0.633. The molecule has 0 spiro atoms. The topological polar surface area (TPSA) is 45.8 Å². The fourth-order valence-corrected chi connectivity index (χ4v) is 3.49. The largest absolute Gasteiger partial charge is 0.306 e.